The SMILES string of the molecule is CC(C)C(NC(=O)OCc1ccccc1)C(=O)NCC(=O)NC(CC(=O)O)C(=O)c1nccs1. The number of Topliss-reactive ketones (excluding diaryl/α,β-unsaturated/α-hetero) is 1. The average molecular weight is 491 g/mol. The maximum absolute atomic E-state index is 12.6. The van der Waals surface area contributed by atoms with Gasteiger partial charge in [-0.15, -0.1) is 11.3 Å². The highest BCUT2D eigenvalue weighted by atomic mass is 32.1. The zero-order valence-electron chi connectivity index (χ0n) is 18.6. The molecule has 2 aromatic rings. The molecule has 0 aliphatic rings. The number of nitrogens with zero attached hydrogens (tertiary/aromatic N) is 1. The van der Waals surface area contributed by atoms with Gasteiger partial charge in [0.25, 0.3) is 0 Å². The number of nitrogens with one attached hydrogen (secondary N) is 3. The average Bonchev–Trinajstić information content (AvgIpc) is 3.34. The molecule has 1 aromatic heterocycles. The molecule has 2 rings (SSSR count). The van der Waals surface area contributed by atoms with Gasteiger partial charge in [0.2, 0.25) is 17.6 Å². The van der Waals surface area contributed by atoms with Crippen LogP contribution in [-0.2, 0) is 25.7 Å². The maximum Gasteiger partial charge on any atom is 0.408 e. The molecule has 11 nitrogen and oxygen atoms in total. The Balaban J connectivity index is 1.88. The van der Waals surface area contributed by atoms with Crippen LogP contribution < -0.4 is 16.0 Å². The van der Waals surface area contributed by atoms with Gasteiger partial charge >= 0.3 is 12.1 Å². The Morgan fingerprint density at radius 2 is 1.79 bits per heavy atom. The van der Waals surface area contributed by atoms with Gasteiger partial charge in [-0.3, -0.25) is 19.2 Å². The predicted molar refractivity (Wildman–Crippen MR) is 122 cm³/mol. The van der Waals surface area contributed by atoms with E-state index in [2.05, 4.69) is 20.9 Å². The molecule has 1 heterocycles. The largest absolute Gasteiger partial charge is 0.481 e. The van der Waals surface area contributed by atoms with Crippen molar-refractivity contribution in [2.45, 2.75) is 39.0 Å². The third-order valence-corrected chi connectivity index (χ3v) is 5.32. The third-order valence-electron chi connectivity index (χ3n) is 4.53. The van der Waals surface area contributed by atoms with Crippen molar-refractivity contribution in [2.75, 3.05) is 6.54 Å². The van der Waals surface area contributed by atoms with Gasteiger partial charge in [0.15, 0.2) is 5.01 Å². The summed E-state index contributed by atoms with van der Waals surface area (Å²) in [6, 6.07) is 6.69. The summed E-state index contributed by atoms with van der Waals surface area (Å²) in [6.07, 6.45) is -0.0406. The molecule has 0 spiro atoms. The first-order valence-corrected chi connectivity index (χ1v) is 11.2. The number of thiazole rings is 1. The molecule has 12 heteroatoms. The number of alkyl carbamates (subject to hydrolysis) is 1. The summed E-state index contributed by atoms with van der Waals surface area (Å²) >= 11 is 1.02. The highest BCUT2D eigenvalue weighted by Gasteiger charge is 2.28. The first kappa shape index (κ1) is 26.5. The van der Waals surface area contributed by atoms with Crippen LogP contribution in [0.5, 0.6) is 0 Å². The smallest absolute Gasteiger partial charge is 0.408 e. The van der Waals surface area contributed by atoms with Crippen LogP contribution in [0.4, 0.5) is 4.79 Å². The van der Waals surface area contributed by atoms with Crippen LogP contribution in [0.25, 0.3) is 0 Å². The topological polar surface area (TPSA) is 164 Å². The standard InChI is InChI=1S/C22H26N4O7S/c1-13(2)18(26-22(32)33-12-14-6-4-3-5-7-14)20(31)24-11-16(27)25-15(10-17(28)29)19(30)21-23-8-9-34-21/h3-9,13,15,18H,10-12H2,1-2H3,(H,24,31)(H,25,27)(H,26,32)(H,28,29). The van der Waals surface area contributed by atoms with Crippen molar-refractivity contribution in [1.29, 1.82) is 0 Å². The van der Waals surface area contributed by atoms with Crippen LogP contribution in [-0.4, -0.2) is 58.4 Å². The number of ketones is 1. The Morgan fingerprint density at radius 3 is 2.38 bits per heavy atom. The molecule has 0 bridgehead atoms. The number of hydrogen-bond donors (Lipinski definition) is 4. The van der Waals surface area contributed by atoms with Gasteiger partial charge in [-0.2, -0.15) is 0 Å². The number of carboxylic acids is 1. The van der Waals surface area contributed by atoms with E-state index in [1.54, 1.807) is 43.5 Å². The van der Waals surface area contributed by atoms with Crippen LogP contribution in [0.2, 0.25) is 0 Å². The van der Waals surface area contributed by atoms with Crippen LogP contribution in [0, 0.1) is 5.92 Å². The van der Waals surface area contributed by atoms with Crippen LogP contribution >= 0.6 is 11.3 Å². The van der Waals surface area contributed by atoms with E-state index in [0.717, 1.165) is 16.9 Å². The molecule has 2 atom stereocenters. The van der Waals surface area contributed by atoms with Crippen molar-refractivity contribution in [2.24, 2.45) is 5.92 Å². The van der Waals surface area contributed by atoms with Crippen LogP contribution in [0.15, 0.2) is 41.9 Å². The second kappa shape index (κ2) is 13.0. The lowest BCUT2D eigenvalue weighted by Crippen LogP contribution is -2.52. The number of carbonyl (C=O) groups excluding carboxylic acids is 4. The van der Waals surface area contributed by atoms with Gasteiger partial charge < -0.3 is 25.8 Å². The van der Waals surface area contributed by atoms with E-state index in [9.17, 15) is 24.0 Å². The summed E-state index contributed by atoms with van der Waals surface area (Å²) in [6.45, 7) is 2.92. The quantitative estimate of drug-likeness (QED) is 0.324. The van der Waals surface area contributed by atoms with Crippen molar-refractivity contribution in [1.82, 2.24) is 20.9 Å². The Morgan fingerprint density at radius 1 is 1.09 bits per heavy atom. The molecule has 0 fully saturated rings. The molecule has 4 N–H and O–H groups in total. The number of rotatable bonds is 12. The van der Waals surface area contributed by atoms with Crippen molar-refractivity contribution >= 4 is 41.0 Å². The number of aromatic nitrogens is 1. The first-order chi connectivity index (χ1) is 16.2. The van der Waals surface area contributed by atoms with E-state index in [4.69, 9.17) is 9.84 Å². The second-order valence-corrected chi connectivity index (χ2v) is 8.46. The summed E-state index contributed by atoms with van der Waals surface area (Å²) in [4.78, 5) is 64.3. The predicted octanol–water partition coefficient (Wildman–Crippen LogP) is 1.35. The van der Waals surface area contributed by atoms with Gasteiger partial charge in [0.05, 0.1) is 13.0 Å². The number of amides is 3. The van der Waals surface area contributed by atoms with E-state index in [1.807, 2.05) is 6.07 Å². The van der Waals surface area contributed by atoms with E-state index in [1.165, 1.54) is 6.20 Å². The maximum atomic E-state index is 12.6. The highest BCUT2D eigenvalue weighted by Crippen LogP contribution is 2.10. The van der Waals surface area contributed by atoms with E-state index >= 15 is 0 Å². The summed E-state index contributed by atoms with van der Waals surface area (Å²) in [5.74, 6) is -3.64. The summed E-state index contributed by atoms with van der Waals surface area (Å²) in [7, 11) is 0. The Kier molecular flexibility index (Phi) is 10.1. The number of benzene rings is 1. The third kappa shape index (κ3) is 8.62. The Bertz CT molecular complexity index is 996. The molecule has 0 radical (unpaired) electrons. The zero-order valence-corrected chi connectivity index (χ0v) is 19.5. The van der Waals surface area contributed by atoms with Crippen LogP contribution in [0.1, 0.15) is 35.6 Å². The Hall–Kier alpha value is -3.80. The molecule has 34 heavy (non-hydrogen) atoms. The van der Waals surface area contributed by atoms with Gasteiger partial charge in [0, 0.05) is 11.6 Å². The molecule has 0 aliphatic heterocycles. The molecule has 2 unspecified atom stereocenters. The van der Waals surface area contributed by atoms with E-state index < -0.39 is 54.7 Å². The highest BCUT2D eigenvalue weighted by molar-refractivity contribution is 7.11. The molecular formula is C22H26N4O7S. The zero-order chi connectivity index (χ0) is 25.1. The molecule has 0 saturated carbocycles. The number of carbonyl (C=O) groups is 5. The van der Waals surface area contributed by atoms with Gasteiger partial charge in [0.1, 0.15) is 18.7 Å². The van der Waals surface area contributed by atoms with Gasteiger partial charge in [-0.1, -0.05) is 44.2 Å². The first-order valence-electron chi connectivity index (χ1n) is 10.4. The lowest BCUT2D eigenvalue weighted by molar-refractivity contribution is -0.137. The van der Waals surface area contributed by atoms with E-state index in [-0.39, 0.29) is 17.5 Å². The number of ether oxygens (including phenoxy) is 1. The van der Waals surface area contributed by atoms with Gasteiger partial charge in [-0.05, 0) is 11.5 Å². The molecule has 0 saturated heterocycles. The lowest BCUT2D eigenvalue weighted by Gasteiger charge is -2.21. The summed E-state index contributed by atoms with van der Waals surface area (Å²) in [5.41, 5.74) is 0.781. The number of carboxylic acid groups (broad SMARTS) is 1. The van der Waals surface area contributed by atoms with Crippen molar-refractivity contribution in [3.8, 4) is 0 Å². The number of aliphatic carboxylic acids is 1. The number of hydrogen-bond acceptors (Lipinski definition) is 8. The summed E-state index contributed by atoms with van der Waals surface area (Å²) in [5, 5.41) is 17.8. The van der Waals surface area contributed by atoms with Crippen molar-refractivity contribution in [3.63, 3.8) is 0 Å². The fraction of sp³-hybridized carbons (Fsp3) is 0.364. The minimum absolute atomic E-state index is 0.0274. The van der Waals surface area contributed by atoms with Gasteiger partial charge in [-0.25, -0.2) is 9.78 Å². The molecular weight excluding hydrogens is 464 g/mol. The van der Waals surface area contributed by atoms with Crippen LogP contribution in [0.3, 0.4) is 0 Å². The monoisotopic (exact) mass is 490 g/mol. The van der Waals surface area contributed by atoms with Crippen molar-refractivity contribution in [3.05, 3.63) is 52.5 Å². The fourth-order valence-corrected chi connectivity index (χ4v) is 3.46. The molecule has 3 amide bonds. The van der Waals surface area contributed by atoms with E-state index in [0.29, 0.717) is 0 Å². The summed E-state index contributed by atoms with van der Waals surface area (Å²) < 4.78 is 5.13. The van der Waals surface area contributed by atoms with Crippen molar-refractivity contribution < 1.29 is 33.8 Å². The lowest BCUT2D eigenvalue weighted by atomic mass is 10.0. The fourth-order valence-electron chi connectivity index (χ4n) is 2.83. The normalized spacial score (nSPS) is 12.3. The molecule has 182 valence electrons. The molecule has 1 aromatic carbocycles. The minimum atomic E-state index is -1.33. The Labute approximate surface area is 199 Å². The minimum Gasteiger partial charge on any atom is -0.481 e. The second-order valence-electron chi connectivity index (χ2n) is 7.57. The molecule has 0 aliphatic carbocycles.